The van der Waals surface area contributed by atoms with Crippen LogP contribution in [0.15, 0.2) is 23.3 Å². The summed E-state index contributed by atoms with van der Waals surface area (Å²) >= 11 is 0. The van der Waals surface area contributed by atoms with Crippen molar-refractivity contribution < 1.29 is 9.85 Å². The van der Waals surface area contributed by atoms with Crippen LogP contribution in [-0.4, -0.2) is 15.6 Å². The van der Waals surface area contributed by atoms with Crippen molar-refractivity contribution in [2.75, 3.05) is 5.43 Å². The van der Waals surface area contributed by atoms with Crippen LogP contribution in [0.1, 0.15) is 39.0 Å². The highest BCUT2D eigenvalue weighted by Crippen LogP contribution is 2.30. The number of hydrogen-bond donors (Lipinski definition) is 1. The van der Waals surface area contributed by atoms with Gasteiger partial charge in [-0.1, -0.05) is 13.3 Å². The summed E-state index contributed by atoms with van der Waals surface area (Å²) in [6.45, 7) is 2.10. The molecular weight excluding hydrogens is 288 g/mol. The van der Waals surface area contributed by atoms with Crippen LogP contribution < -0.4 is 5.43 Å². The number of hydrazone groups is 1. The Hall–Kier alpha value is -2.51. The smallest absolute Gasteiger partial charge is 0.272 e. The second-order valence-corrected chi connectivity index (χ2v) is 5.28. The molecule has 1 fully saturated rings. The Kier molecular flexibility index (Phi) is 5.03. The van der Waals surface area contributed by atoms with Crippen LogP contribution in [-0.2, 0) is 0 Å². The Bertz CT molecular complexity index is 615. The first-order valence-electron chi connectivity index (χ1n) is 7.28. The maximum absolute atomic E-state index is 11.1. The summed E-state index contributed by atoms with van der Waals surface area (Å²) in [4.78, 5) is 20.5. The van der Waals surface area contributed by atoms with Crippen LogP contribution in [0.2, 0.25) is 0 Å². The van der Waals surface area contributed by atoms with Gasteiger partial charge < -0.3 is 0 Å². The van der Waals surface area contributed by atoms with Gasteiger partial charge in [-0.3, -0.25) is 25.7 Å². The van der Waals surface area contributed by atoms with Crippen LogP contribution in [0, 0.1) is 26.1 Å². The van der Waals surface area contributed by atoms with Gasteiger partial charge >= 0.3 is 5.69 Å². The van der Waals surface area contributed by atoms with E-state index in [9.17, 15) is 20.2 Å². The van der Waals surface area contributed by atoms with E-state index in [1.807, 2.05) is 0 Å². The lowest BCUT2D eigenvalue weighted by molar-refractivity contribution is -0.393. The van der Waals surface area contributed by atoms with Gasteiger partial charge in [-0.2, -0.15) is 5.10 Å². The van der Waals surface area contributed by atoms with Crippen LogP contribution in [0.5, 0.6) is 0 Å². The monoisotopic (exact) mass is 306 g/mol. The molecule has 1 saturated carbocycles. The second kappa shape index (κ2) is 6.97. The van der Waals surface area contributed by atoms with Crippen molar-refractivity contribution in [3.05, 3.63) is 38.4 Å². The fourth-order valence-corrected chi connectivity index (χ4v) is 2.67. The number of non-ortho nitro benzene ring substituents is 1. The molecule has 1 aromatic carbocycles. The van der Waals surface area contributed by atoms with E-state index in [1.54, 1.807) is 0 Å². The number of rotatable bonds is 5. The molecule has 8 nitrogen and oxygen atoms in total. The zero-order chi connectivity index (χ0) is 16.1. The molecule has 0 aliphatic heterocycles. The van der Waals surface area contributed by atoms with Crippen molar-refractivity contribution in [1.29, 1.82) is 0 Å². The predicted octanol–water partition coefficient (Wildman–Crippen LogP) is 3.87. The molecule has 1 N–H and O–H groups in total. The molecule has 1 aliphatic carbocycles. The molecule has 1 atom stereocenters. The Morgan fingerprint density at radius 2 is 2.05 bits per heavy atom. The lowest BCUT2D eigenvalue weighted by Gasteiger charge is -2.22. The molecule has 0 aromatic heterocycles. The van der Waals surface area contributed by atoms with E-state index < -0.39 is 9.85 Å². The summed E-state index contributed by atoms with van der Waals surface area (Å²) in [6.07, 6.45) is 5.20. The number of anilines is 1. The maximum Gasteiger partial charge on any atom is 0.301 e. The lowest BCUT2D eigenvalue weighted by atomic mass is 9.86. The van der Waals surface area contributed by atoms with Gasteiger partial charge in [0.05, 0.1) is 15.9 Å². The molecule has 0 heterocycles. The van der Waals surface area contributed by atoms with E-state index in [-0.39, 0.29) is 17.1 Å². The van der Waals surface area contributed by atoms with Crippen LogP contribution in [0.3, 0.4) is 0 Å². The predicted molar refractivity (Wildman–Crippen MR) is 83.1 cm³/mol. The van der Waals surface area contributed by atoms with Crippen molar-refractivity contribution in [1.82, 2.24) is 0 Å². The van der Waals surface area contributed by atoms with E-state index >= 15 is 0 Å². The molecule has 2 rings (SSSR count). The standard InChI is InChI=1S/C14H18N4O4/c1-2-10-5-3-4-6-12(10)15-16-13-8-7-11(17(19)20)9-14(13)18(21)22/h7-10,16H,2-6H2,1H3/b15-12-/t10-/m1/s1. The average molecular weight is 306 g/mol. The number of benzene rings is 1. The highest BCUT2D eigenvalue weighted by atomic mass is 16.6. The summed E-state index contributed by atoms with van der Waals surface area (Å²) < 4.78 is 0. The molecule has 0 radical (unpaired) electrons. The van der Waals surface area contributed by atoms with Crippen molar-refractivity contribution in [3.8, 4) is 0 Å². The summed E-state index contributed by atoms with van der Waals surface area (Å²) in [6, 6.07) is 3.50. The largest absolute Gasteiger partial charge is 0.301 e. The minimum Gasteiger partial charge on any atom is -0.272 e. The average Bonchev–Trinajstić information content (AvgIpc) is 2.52. The highest BCUT2D eigenvalue weighted by Gasteiger charge is 2.21. The Balaban J connectivity index is 2.25. The van der Waals surface area contributed by atoms with Gasteiger partial charge in [0.2, 0.25) is 0 Å². The van der Waals surface area contributed by atoms with E-state index in [1.165, 1.54) is 18.6 Å². The fraction of sp³-hybridized carbons (Fsp3) is 0.500. The van der Waals surface area contributed by atoms with E-state index in [0.717, 1.165) is 37.5 Å². The first kappa shape index (κ1) is 15.9. The normalized spacial score (nSPS) is 19.9. The van der Waals surface area contributed by atoms with Crippen molar-refractivity contribution in [2.45, 2.75) is 39.0 Å². The number of nitro groups is 2. The first-order chi connectivity index (χ1) is 10.5. The minimum absolute atomic E-state index is 0.170. The topological polar surface area (TPSA) is 111 Å². The van der Waals surface area contributed by atoms with E-state index in [4.69, 9.17) is 0 Å². The third-order valence-corrected chi connectivity index (χ3v) is 3.91. The molecular formula is C14H18N4O4. The molecule has 0 unspecified atom stereocenters. The summed E-state index contributed by atoms with van der Waals surface area (Å²) in [5.74, 6) is 0.401. The number of nitro benzene ring substituents is 2. The Morgan fingerprint density at radius 3 is 2.68 bits per heavy atom. The SMILES string of the molecule is CC[C@@H]1CCCC/C1=N/Nc1ccc([N+](=O)[O-])cc1[N+](=O)[O-]. The molecule has 0 amide bonds. The quantitative estimate of drug-likeness (QED) is 0.655. The molecule has 1 aromatic rings. The summed E-state index contributed by atoms with van der Waals surface area (Å²) in [5, 5.41) is 26.1. The van der Waals surface area contributed by atoms with Gasteiger partial charge in [0.15, 0.2) is 0 Å². The fourth-order valence-electron chi connectivity index (χ4n) is 2.67. The number of nitrogens with zero attached hydrogens (tertiary/aromatic N) is 3. The molecule has 118 valence electrons. The minimum atomic E-state index is -0.656. The van der Waals surface area contributed by atoms with Crippen molar-refractivity contribution in [3.63, 3.8) is 0 Å². The zero-order valence-electron chi connectivity index (χ0n) is 12.3. The van der Waals surface area contributed by atoms with E-state index in [2.05, 4.69) is 17.5 Å². The van der Waals surface area contributed by atoms with Crippen molar-refractivity contribution in [2.24, 2.45) is 11.0 Å². The van der Waals surface area contributed by atoms with Gasteiger partial charge in [-0.15, -0.1) is 0 Å². The second-order valence-electron chi connectivity index (χ2n) is 5.28. The zero-order valence-corrected chi connectivity index (χ0v) is 12.3. The molecule has 22 heavy (non-hydrogen) atoms. The molecule has 0 spiro atoms. The first-order valence-corrected chi connectivity index (χ1v) is 7.28. The molecule has 0 bridgehead atoms. The summed E-state index contributed by atoms with van der Waals surface area (Å²) in [5.41, 5.74) is 3.25. The Morgan fingerprint density at radius 1 is 1.27 bits per heavy atom. The maximum atomic E-state index is 11.1. The molecule has 8 heteroatoms. The summed E-state index contributed by atoms with van der Waals surface area (Å²) in [7, 11) is 0. The van der Waals surface area contributed by atoms with Gasteiger partial charge in [-0.05, 0) is 37.7 Å². The van der Waals surface area contributed by atoms with Crippen LogP contribution in [0.25, 0.3) is 0 Å². The van der Waals surface area contributed by atoms with Gasteiger partial charge in [0.25, 0.3) is 5.69 Å². The third kappa shape index (κ3) is 3.57. The Labute approximate surface area is 127 Å². The number of nitrogens with one attached hydrogen (secondary N) is 1. The van der Waals surface area contributed by atoms with Crippen LogP contribution >= 0.6 is 0 Å². The number of hydrogen-bond acceptors (Lipinski definition) is 6. The van der Waals surface area contributed by atoms with Gasteiger partial charge in [0.1, 0.15) is 5.69 Å². The van der Waals surface area contributed by atoms with E-state index in [0.29, 0.717) is 5.92 Å². The van der Waals surface area contributed by atoms with Gasteiger partial charge in [-0.25, -0.2) is 0 Å². The van der Waals surface area contributed by atoms with Crippen LogP contribution in [0.4, 0.5) is 17.1 Å². The lowest BCUT2D eigenvalue weighted by Crippen LogP contribution is -2.19. The highest BCUT2D eigenvalue weighted by molar-refractivity contribution is 5.88. The van der Waals surface area contributed by atoms with Crippen molar-refractivity contribution >= 4 is 22.8 Å². The van der Waals surface area contributed by atoms with Gasteiger partial charge in [0, 0.05) is 11.8 Å². The molecule has 0 saturated heterocycles. The third-order valence-electron chi connectivity index (χ3n) is 3.91. The molecule has 1 aliphatic rings.